The van der Waals surface area contributed by atoms with E-state index in [0.717, 1.165) is 16.9 Å². The molecule has 2 N–H and O–H groups in total. The number of hydrogen-bond acceptors (Lipinski definition) is 4. The first-order valence-corrected chi connectivity index (χ1v) is 7.73. The third kappa shape index (κ3) is 3.51. The van der Waals surface area contributed by atoms with E-state index in [4.69, 9.17) is 10.5 Å². The van der Waals surface area contributed by atoms with E-state index in [2.05, 4.69) is 4.98 Å². The molecule has 0 aliphatic carbocycles. The first kappa shape index (κ1) is 15.5. The molecule has 2 aromatic rings. The summed E-state index contributed by atoms with van der Waals surface area (Å²) in [5, 5.41) is 0. The predicted molar refractivity (Wildman–Crippen MR) is 88.2 cm³/mol. The van der Waals surface area contributed by atoms with Crippen molar-refractivity contribution in [3.63, 3.8) is 0 Å². The molecule has 1 fully saturated rings. The molecule has 23 heavy (non-hydrogen) atoms. The van der Waals surface area contributed by atoms with E-state index in [1.54, 1.807) is 19.5 Å². The minimum atomic E-state index is -0.0405. The van der Waals surface area contributed by atoms with E-state index in [1.165, 1.54) is 0 Å². The zero-order valence-corrected chi connectivity index (χ0v) is 13.2. The number of amides is 1. The molecular weight excluding hydrogens is 290 g/mol. The fourth-order valence-corrected chi connectivity index (χ4v) is 3.03. The second-order valence-corrected chi connectivity index (χ2v) is 5.88. The largest absolute Gasteiger partial charge is 0.497 e. The molecule has 1 aromatic carbocycles. The van der Waals surface area contributed by atoms with E-state index in [9.17, 15) is 4.79 Å². The molecule has 0 bridgehead atoms. The Morgan fingerprint density at radius 1 is 1.30 bits per heavy atom. The van der Waals surface area contributed by atoms with Crippen LogP contribution in [0.2, 0.25) is 0 Å². The zero-order chi connectivity index (χ0) is 16.2. The number of rotatable bonds is 4. The minimum Gasteiger partial charge on any atom is -0.497 e. The van der Waals surface area contributed by atoms with Gasteiger partial charge in [0.05, 0.1) is 13.5 Å². The lowest BCUT2D eigenvalue weighted by Crippen LogP contribution is -2.33. The van der Waals surface area contributed by atoms with Gasteiger partial charge in [-0.1, -0.05) is 18.2 Å². The molecule has 0 spiro atoms. The van der Waals surface area contributed by atoms with Crippen molar-refractivity contribution in [3.8, 4) is 5.75 Å². The maximum absolute atomic E-state index is 12.5. The standard InChI is InChI=1S/C18H21N3O2/c1-23-15-6-4-14(5-7-15)16-11-21(12-17(16)19)18(22)9-13-3-2-8-20-10-13/h2-8,10,16-17H,9,11-12,19H2,1H3. The fourth-order valence-electron chi connectivity index (χ4n) is 3.03. The molecular formula is C18H21N3O2. The number of hydrogen-bond donors (Lipinski definition) is 1. The lowest BCUT2D eigenvalue weighted by Gasteiger charge is -2.16. The number of carbonyl (C=O) groups is 1. The average molecular weight is 311 g/mol. The van der Waals surface area contributed by atoms with Crippen LogP contribution in [0.3, 0.4) is 0 Å². The molecule has 1 amide bonds. The van der Waals surface area contributed by atoms with Crippen molar-refractivity contribution in [2.45, 2.75) is 18.4 Å². The topological polar surface area (TPSA) is 68.5 Å². The highest BCUT2D eigenvalue weighted by molar-refractivity contribution is 5.79. The Morgan fingerprint density at radius 2 is 2.09 bits per heavy atom. The van der Waals surface area contributed by atoms with Gasteiger partial charge in [-0.05, 0) is 29.3 Å². The number of aromatic nitrogens is 1. The smallest absolute Gasteiger partial charge is 0.227 e. The molecule has 2 atom stereocenters. The van der Waals surface area contributed by atoms with Crippen molar-refractivity contribution in [3.05, 3.63) is 59.9 Å². The van der Waals surface area contributed by atoms with Crippen molar-refractivity contribution in [2.24, 2.45) is 5.73 Å². The van der Waals surface area contributed by atoms with Crippen LogP contribution in [0.5, 0.6) is 5.75 Å². The predicted octanol–water partition coefficient (Wildman–Crippen LogP) is 1.59. The molecule has 1 saturated heterocycles. The van der Waals surface area contributed by atoms with E-state index in [0.29, 0.717) is 19.5 Å². The lowest BCUT2D eigenvalue weighted by atomic mass is 9.95. The Bertz CT molecular complexity index is 658. The number of methoxy groups -OCH3 is 1. The van der Waals surface area contributed by atoms with Crippen LogP contribution >= 0.6 is 0 Å². The summed E-state index contributed by atoms with van der Waals surface area (Å²) in [6.07, 6.45) is 3.81. The third-order valence-electron chi connectivity index (χ3n) is 4.34. The second kappa shape index (κ2) is 6.79. The molecule has 1 aliphatic rings. The highest BCUT2D eigenvalue weighted by Crippen LogP contribution is 2.28. The third-order valence-corrected chi connectivity index (χ3v) is 4.34. The maximum atomic E-state index is 12.5. The van der Waals surface area contributed by atoms with Gasteiger partial charge in [0.1, 0.15) is 5.75 Å². The Kier molecular flexibility index (Phi) is 4.57. The Hall–Kier alpha value is -2.40. The average Bonchev–Trinajstić information content (AvgIpc) is 2.98. The molecule has 2 heterocycles. The molecule has 3 rings (SSSR count). The minimum absolute atomic E-state index is 0.0405. The molecule has 120 valence electrons. The van der Waals surface area contributed by atoms with Gasteiger partial charge >= 0.3 is 0 Å². The maximum Gasteiger partial charge on any atom is 0.227 e. The van der Waals surface area contributed by atoms with Crippen LogP contribution in [0.15, 0.2) is 48.8 Å². The Morgan fingerprint density at radius 3 is 2.74 bits per heavy atom. The Balaban J connectivity index is 1.66. The molecule has 1 aromatic heterocycles. The van der Waals surface area contributed by atoms with Crippen molar-refractivity contribution in [1.29, 1.82) is 0 Å². The summed E-state index contributed by atoms with van der Waals surface area (Å²) in [5.74, 6) is 1.09. The molecule has 5 heteroatoms. The summed E-state index contributed by atoms with van der Waals surface area (Å²) in [6, 6.07) is 11.6. The van der Waals surface area contributed by atoms with Crippen LogP contribution in [0.25, 0.3) is 0 Å². The molecule has 0 saturated carbocycles. The first-order valence-electron chi connectivity index (χ1n) is 7.73. The SMILES string of the molecule is COc1ccc(C2CN(C(=O)Cc3cccnc3)CC2N)cc1. The monoisotopic (exact) mass is 311 g/mol. The number of carbonyl (C=O) groups excluding carboxylic acids is 1. The van der Waals surface area contributed by atoms with E-state index in [-0.39, 0.29) is 17.9 Å². The highest BCUT2D eigenvalue weighted by atomic mass is 16.5. The number of nitrogens with two attached hydrogens (primary N) is 1. The highest BCUT2D eigenvalue weighted by Gasteiger charge is 2.33. The number of nitrogens with zero attached hydrogens (tertiary/aromatic N) is 2. The van der Waals surface area contributed by atoms with Gasteiger partial charge in [-0.2, -0.15) is 0 Å². The van der Waals surface area contributed by atoms with Crippen LogP contribution in [0.1, 0.15) is 17.0 Å². The van der Waals surface area contributed by atoms with E-state index in [1.807, 2.05) is 41.3 Å². The first-order chi connectivity index (χ1) is 11.2. The summed E-state index contributed by atoms with van der Waals surface area (Å²) in [6.45, 7) is 1.25. The van der Waals surface area contributed by atoms with Gasteiger partial charge < -0.3 is 15.4 Å². The van der Waals surface area contributed by atoms with Gasteiger partial charge in [-0.15, -0.1) is 0 Å². The van der Waals surface area contributed by atoms with Crippen LogP contribution < -0.4 is 10.5 Å². The number of benzene rings is 1. The van der Waals surface area contributed by atoms with Crippen molar-refractivity contribution in [2.75, 3.05) is 20.2 Å². The van der Waals surface area contributed by atoms with Crippen molar-refractivity contribution < 1.29 is 9.53 Å². The van der Waals surface area contributed by atoms with Crippen LogP contribution in [0, 0.1) is 0 Å². The molecule has 0 radical (unpaired) electrons. The number of ether oxygens (including phenoxy) is 1. The summed E-state index contributed by atoms with van der Waals surface area (Å²) >= 11 is 0. The van der Waals surface area contributed by atoms with E-state index < -0.39 is 0 Å². The van der Waals surface area contributed by atoms with Crippen molar-refractivity contribution >= 4 is 5.91 Å². The molecule has 1 aliphatic heterocycles. The van der Waals surface area contributed by atoms with Gasteiger partial charge in [-0.3, -0.25) is 9.78 Å². The van der Waals surface area contributed by atoms with Crippen molar-refractivity contribution in [1.82, 2.24) is 9.88 Å². The number of pyridine rings is 1. The van der Waals surface area contributed by atoms with E-state index >= 15 is 0 Å². The van der Waals surface area contributed by atoms with Crippen LogP contribution in [-0.4, -0.2) is 42.0 Å². The van der Waals surface area contributed by atoms with Crippen LogP contribution in [-0.2, 0) is 11.2 Å². The zero-order valence-electron chi connectivity index (χ0n) is 13.2. The van der Waals surface area contributed by atoms with Gasteiger partial charge in [-0.25, -0.2) is 0 Å². The normalized spacial score (nSPS) is 20.5. The quantitative estimate of drug-likeness (QED) is 0.931. The molecule has 5 nitrogen and oxygen atoms in total. The summed E-state index contributed by atoms with van der Waals surface area (Å²) in [7, 11) is 1.65. The van der Waals surface area contributed by atoms with Gasteiger partial charge in [0, 0.05) is 37.4 Å². The fraction of sp³-hybridized carbons (Fsp3) is 0.333. The second-order valence-electron chi connectivity index (χ2n) is 5.88. The molecule has 2 unspecified atom stereocenters. The van der Waals surface area contributed by atoms with Gasteiger partial charge in [0.15, 0.2) is 0 Å². The number of likely N-dealkylation sites (tertiary alicyclic amines) is 1. The lowest BCUT2D eigenvalue weighted by molar-refractivity contribution is -0.129. The van der Waals surface area contributed by atoms with Gasteiger partial charge in [0.2, 0.25) is 5.91 Å². The Labute approximate surface area is 136 Å². The summed E-state index contributed by atoms with van der Waals surface area (Å²) in [4.78, 5) is 18.4. The van der Waals surface area contributed by atoms with Gasteiger partial charge in [0.25, 0.3) is 0 Å². The van der Waals surface area contributed by atoms with Crippen LogP contribution in [0.4, 0.5) is 0 Å². The summed E-state index contributed by atoms with van der Waals surface area (Å²) < 4.78 is 5.18. The summed E-state index contributed by atoms with van der Waals surface area (Å²) in [5.41, 5.74) is 8.34.